The van der Waals surface area contributed by atoms with Crippen LogP contribution in [0.5, 0.6) is 5.75 Å². The first-order valence-electron chi connectivity index (χ1n) is 5.87. The standard InChI is InChI=1S/C13H18N2O2/c1-9-7-14-8-10(9)13(16)15-11-5-3-4-6-12(11)17-2/h3-6,9-10,14H,7-8H2,1-2H3,(H,15,16)/t9-,10-/m1/s1. The van der Waals surface area contributed by atoms with Crippen LogP contribution in [0.3, 0.4) is 0 Å². The van der Waals surface area contributed by atoms with Crippen molar-refractivity contribution in [2.45, 2.75) is 6.92 Å². The van der Waals surface area contributed by atoms with Gasteiger partial charge in [0.2, 0.25) is 5.91 Å². The van der Waals surface area contributed by atoms with Crippen LogP contribution >= 0.6 is 0 Å². The van der Waals surface area contributed by atoms with Gasteiger partial charge in [-0.25, -0.2) is 0 Å². The Morgan fingerprint density at radius 3 is 2.82 bits per heavy atom. The third-order valence-corrected chi connectivity index (χ3v) is 3.22. The molecule has 4 heteroatoms. The van der Waals surface area contributed by atoms with Crippen LogP contribution in [0.4, 0.5) is 5.69 Å². The lowest BCUT2D eigenvalue weighted by Gasteiger charge is -2.15. The lowest BCUT2D eigenvalue weighted by Crippen LogP contribution is -2.27. The lowest BCUT2D eigenvalue weighted by atomic mass is 9.97. The minimum Gasteiger partial charge on any atom is -0.495 e. The van der Waals surface area contributed by atoms with E-state index < -0.39 is 0 Å². The Balaban J connectivity index is 2.07. The van der Waals surface area contributed by atoms with Gasteiger partial charge in [0.05, 0.1) is 18.7 Å². The van der Waals surface area contributed by atoms with Crippen molar-refractivity contribution in [3.63, 3.8) is 0 Å². The van der Waals surface area contributed by atoms with Crippen LogP contribution in [0.2, 0.25) is 0 Å². The summed E-state index contributed by atoms with van der Waals surface area (Å²) in [6.07, 6.45) is 0. The van der Waals surface area contributed by atoms with Crippen LogP contribution < -0.4 is 15.4 Å². The molecule has 0 radical (unpaired) electrons. The van der Waals surface area contributed by atoms with Crippen molar-refractivity contribution in [1.29, 1.82) is 0 Å². The van der Waals surface area contributed by atoms with Crippen LogP contribution in [0.25, 0.3) is 0 Å². The maximum Gasteiger partial charge on any atom is 0.229 e. The average Bonchev–Trinajstić information content (AvgIpc) is 2.76. The van der Waals surface area contributed by atoms with Gasteiger partial charge in [-0.05, 0) is 24.6 Å². The molecule has 1 saturated heterocycles. The van der Waals surface area contributed by atoms with Gasteiger partial charge in [0, 0.05) is 6.54 Å². The highest BCUT2D eigenvalue weighted by Crippen LogP contribution is 2.25. The Bertz CT molecular complexity index is 406. The third-order valence-electron chi connectivity index (χ3n) is 3.22. The van der Waals surface area contributed by atoms with Gasteiger partial charge >= 0.3 is 0 Å². The minimum atomic E-state index is 0.0416. The van der Waals surface area contributed by atoms with Crippen molar-refractivity contribution in [2.24, 2.45) is 11.8 Å². The number of nitrogens with one attached hydrogen (secondary N) is 2. The SMILES string of the molecule is COc1ccccc1NC(=O)[C@@H]1CNC[C@H]1C. The second-order valence-electron chi connectivity index (χ2n) is 4.43. The summed E-state index contributed by atoms with van der Waals surface area (Å²) < 4.78 is 5.21. The molecule has 1 amide bonds. The van der Waals surface area contributed by atoms with Crippen LogP contribution in [-0.4, -0.2) is 26.1 Å². The van der Waals surface area contributed by atoms with E-state index in [2.05, 4.69) is 17.6 Å². The van der Waals surface area contributed by atoms with Crippen LogP contribution in [0.1, 0.15) is 6.92 Å². The van der Waals surface area contributed by atoms with Crippen molar-refractivity contribution < 1.29 is 9.53 Å². The molecule has 1 heterocycles. The topological polar surface area (TPSA) is 50.4 Å². The van der Waals surface area contributed by atoms with Gasteiger partial charge < -0.3 is 15.4 Å². The number of rotatable bonds is 3. The summed E-state index contributed by atoms with van der Waals surface area (Å²) in [4.78, 5) is 12.1. The van der Waals surface area contributed by atoms with E-state index in [4.69, 9.17) is 4.74 Å². The zero-order valence-electron chi connectivity index (χ0n) is 10.2. The van der Waals surface area contributed by atoms with E-state index in [0.29, 0.717) is 11.7 Å². The number of carbonyl (C=O) groups excluding carboxylic acids is 1. The van der Waals surface area contributed by atoms with Gasteiger partial charge in [0.15, 0.2) is 0 Å². The quantitative estimate of drug-likeness (QED) is 0.833. The minimum absolute atomic E-state index is 0.0416. The molecule has 92 valence electrons. The molecular weight excluding hydrogens is 216 g/mol. The molecule has 1 aliphatic heterocycles. The fourth-order valence-corrected chi connectivity index (χ4v) is 2.13. The number of para-hydroxylation sites is 2. The molecule has 1 aromatic carbocycles. The zero-order chi connectivity index (χ0) is 12.3. The Kier molecular flexibility index (Phi) is 3.64. The molecule has 0 unspecified atom stereocenters. The van der Waals surface area contributed by atoms with Crippen molar-refractivity contribution in [2.75, 3.05) is 25.5 Å². The average molecular weight is 234 g/mol. The van der Waals surface area contributed by atoms with Crippen LogP contribution in [-0.2, 0) is 4.79 Å². The van der Waals surface area contributed by atoms with E-state index in [1.807, 2.05) is 24.3 Å². The number of hydrogen-bond acceptors (Lipinski definition) is 3. The highest BCUT2D eigenvalue weighted by atomic mass is 16.5. The van der Waals surface area contributed by atoms with Crippen molar-refractivity contribution in [3.8, 4) is 5.75 Å². The molecule has 0 aliphatic carbocycles. The summed E-state index contributed by atoms with van der Waals surface area (Å²) in [5.41, 5.74) is 0.735. The largest absolute Gasteiger partial charge is 0.495 e. The Morgan fingerprint density at radius 2 is 2.18 bits per heavy atom. The lowest BCUT2D eigenvalue weighted by molar-refractivity contribution is -0.120. The summed E-state index contributed by atoms with van der Waals surface area (Å²) >= 11 is 0. The van der Waals surface area contributed by atoms with Gasteiger partial charge in [-0.3, -0.25) is 4.79 Å². The molecule has 2 rings (SSSR count). The van der Waals surface area contributed by atoms with Crippen LogP contribution in [0, 0.1) is 11.8 Å². The molecule has 0 spiro atoms. The molecule has 0 aromatic heterocycles. The van der Waals surface area contributed by atoms with E-state index in [1.54, 1.807) is 7.11 Å². The summed E-state index contributed by atoms with van der Waals surface area (Å²) in [5.74, 6) is 1.18. The molecule has 4 nitrogen and oxygen atoms in total. The summed E-state index contributed by atoms with van der Waals surface area (Å²) in [5, 5.41) is 6.16. The molecule has 2 atom stereocenters. The number of amides is 1. The second-order valence-corrected chi connectivity index (χ2v) is 4.43. The number of anilines is 1. The number of benzene rings is 1. The van der Waals surface area contributed by atoms with E-state index >= 15 is 0 Å². The fraction of sp³-hybridized carbons (Fsp3) is 0.462. The number of carbonyl (C=O) groups is 1. The predicted octanol–water partition coefficient (Wildman–Crippen LogP) is 1.49. The number of hydrogen-bond donors (Lipinski definition) is 2. The van der Waals surface area contributed by atoms with Gasteiger partial charge in [0.25, 0.3) is 0 Å². The Morgan fingerprint density at radius 1 is 1.41 bits per heavy atom. The van der Waals surface area contributed by atoms with Gasteiger partial charge in [-0.2, -0.15) is 0 Å². The van der Waals surface area contributed by atoms with E-state index in [9.17, 15) is 4.79 Å². The first kappa shape index (κ1) is 11.9. The third kappa shape index (κ3) is 2.58. The first-order chi connectivity index (χ1) is 8.22. The van der Waals surface area contributed by atoms with Crippen molar-refractivity contribution in [3.05, 3.63) is 24.3 Å². The van der Waals surface area contributed by atoms with E-state index in [1.165, 1.54) is 0 Å². The molecule has 1 aromatic rings. The van der Waals surface area contributed by atoms with E-state index in [-0.39, 0.29) is 11.8 Å². The molecule has 17 heavy (non-hydrogen) atoms. The first-order valence-corrected chi connectivity index (χ1v) is 5.87. The summed E-state index contributed by atoms with van der Waals surface area (Å²) in [6, 6.07) is 7.46. The second kappa shape index (κ2) is 5.19. The smallest absolute Gasteiger partial charge is 0.229 e. The highest BCUT2D eigenvalue weighted by Gasteiger charge is 2.29. The highest BCUT2D eigenvalue weighted by molar-refractivity contribution is 5.94. The van der Waals surface area contributed by atoms with Gasteiger partial charge in [0.1, 0.15) is 5.75 Å². The summed E-state index contributed by atoms with van der Waals surface area (Å²) in [7, 11) is 1.60. The number of ether oxygens (including phenoxy) is 1. The maximum atomic E-state index is 12.1. The van der Waals surface area contributed by atoms with Gasteiger partial charge in [-0.15, -0.1) is 0 Å². The normalized spacial score (nSPS) is 23.4. The molecule has 0 saturated carbocycles. The molecule has 1 fully saturated rings. The van der Waals surface area contributed by atoms with Gasteiger partial charge in [-0.1, -0.05) is 19.1 Å². The zero-order valence-corrected chi connectivity index (χ0v) is 10.2. The van der Waals surface area contributed by atoms with Crippen molar-refractivity contribution >= 4 is 11.6 Å². The monoisotopic (exact) mass is 234 g/mol. The van der Waals surface area contributed by atoms with Crippen molar-refractivity contribution in [1.82, 2.24) is 5.32 Å². The molecule has 0 bridgehead atoms. The Hall–Kier alpha value is -1.55. The molecule has 1 aliphatic rings. The Labute approximate surface area is 101 Å². The predicted molar refractivity (Wildman–Crippen MR) is 67.1 cm³/mol. The van der Waals surface area contributed by atoms with Crippen LogP contribution in [0.15, 0.2) is 24.3 Å². The maximum absolute atomic E-state index is 12.1. The molecule has 2 N–H and O–H groups in total. The fourth-order valence-electron chi connectivity index (χ4n) is 2.13. The summed E-state index contributed by atoms with van der Waals surface area (Å²) in [6.45, 7) is 3.75. The van der Waals surface area contributed by atoms with E-state index in [0.717, 1.165) is 18.8 Å². The number of methoxy groups -OCH3 is 1. The molecular formula is C13H18N2O2.